The molecule has 37 heteroatoms. The van der Waals surface area contributed by atoms with Crippen molar-refractivity contribution in [2.45, 2.75) is 218 Å². The summed E-state index contributed by atoms with van der Waals surface area (Å²) < 4.78 is 0. The quantitative estimate of drug-likeness (QED) is 0.0270. The number of carboxylic acids is 3. The highest BCUT2D eigenvalue weighted by molar-refractivity contribution is 6.01. The number of H-pyrrole nitrogens is 1. The van der Waals surface area contributed by atoms with E-state index in [-0.39, 0.29) is 63.5 Å². The minimum absolute atomic E-state index is 0.00301. The third-order valence-electron chi connectivity index (χ3n) is 15.4. The first-order chi connectivity index (χ1) is 45.4. The molecule has 546 valence electrons. The van der Waals surface area contributed by atoms with E-state index in [1.54, 1.807) is 27.7 Å². The van der Waals surface area contributed by atoms with E-state index in [2.05, 4.69) is 68.5 Å². The molecule has 97 heavy (non-hydrogen) atoms. The van der Waals surface area contributed by atoms with Gasteiger partial charge in [-0.15, -0.1) is 0 Å². The lowest BCUT2D eigenvalue weighted by atomic mass is 9.99. The molecule has 0 bridgehead atoms. The number of aromatic nitrogens is 2. The fourth-order valence-electron chi connectivity index (χ4n) is 10.0. The molecule has 0 saturated carbocycles. The van der Waals surface area contributed by atoms with Crippen molar-refractivity contribution in [3.63, 3.8) is 0 Å². The van der Waals surface area contributed by atoms with Crippen LogP contribution >= 0.6 is 0 Å². The van der Waals surface area contributed by atoms with Crippen LogP contribution in [0.2, 0.25) is 0 Å². The SMILES string of the molecule is CC(C)C[C@H](NC(=O)[C@H](CCCCN)NC(=O)[C@@H](NC(=O)[C@@H](N)CO)[C@@H](C)O)C(=O)N[C@@H](Cc1cnc[nH]1)C(=O)N[C@@H](CC(C)C)C(=O)N1CCC[C@H]1C(=O)N[C@@H](C)C(=O)N[C@@H](CC(=O)O)C(=O)N[C@@H](CC(=O)O)C(=O)N[C@H](C(=O)N[C@H](C(=O)N[C@@H](CO)C(=O)O)C(C)C)C(C)C. The van der Waals surface area contributed by atoms with Gasteiger partial charge in [0, 0.05) is 24.9 Å². The Morgan fingerprint density at radius 1 is 0.536 bits per heavy atom. The van der Waals surface area contributed by atoms with Crippen LogP contribution in [0.5, 0.6) is 0 Å². The first-order valence-corrected chi connectivity index (χ1v) is 32.0. The molecule has 1 aromatic heterocycles. The van der Waals surface area contributed by atoms with Crippen LogP contribution in [0.4, 0.5) is 0 Å². The lowest BCUT2D eigenvalue weighted by Crippen LogP contribution is -2.61. The van der Waals surface area contributed by atoms with Crippen molar-refractivity contribution in [3.05, 3.63) is 18.2 Å². The Balaban J connectivity index is 2.39. The van der Waals surface area contributed by atoms with Crippen molar-refractivity contribution in [3.8, 4) is 0 Å². The maximum Gasteiger partial charge on any atom is 0.328 e. The minimum Gasteiger partial charge on any atom is -0.481 e. The Morgan fingerprint density at radius 3 is 1.47 bits per heavy atom. The van der Waals surface area contributed by atoms with Gasteiger partial charge in [-0.1, -0.05) is 55.4 Å². The van der Waals surface area contributed by atoms with E-state index in [0.29, 0.717) is 18.5 Å². The maximum absolute atomic E-state index is 14.7. The van der Waals surface area contributed by atoms with E-state index in [4.69, 9.17) is 11.5 Å². The first kappa shape index (κ1) is 84.1. The summed E-state index contributed by atoms with van der Waals surface area (Å²) in [5.74, 6) is -18.9. The molecule has 22 N–H and O–H groups in total. The summed E-state index contributed by atoms with van der Waals surface area (Å²) in [4.78, 5) is 209. The number of hydrogen-bond acceptors (Lipinski definition) is 21. The molecule has 1 aromatic rings. The number of nitrogens with two attached hydrogens (primary N) is 2. The summed E-state index contributed by atoms with van der Waals surface area (Å²) in [6, 6.07) is -20.2. The van der Waals surface area contributed by atoms with Crippen LogP contribution in [0.3, 0.4) is 0 Å². The van der Waals surface area contributed by atoms with E-state index < -0.39 is 211 Å². The number of carbonyl (C=O) groups excluding carboxylic acids is 12. The van der Waals surface area contributed by atoms with Gasteiger partial charge in [-0.05, 0) is 89.0 Å². The Hall–Kier alpha value is -8.94. The third kappa shape index (κ3) is 28.3. The number of imidazole rings is 1. The highest BCUT2D eigenvalue weighted by Gasteiger charge is 2.42. The number of aromatic amines is 1. The maximum atomic E-state index is 14.7. The smallest absolute Gasteiger partial charge is 0.328 e. The van der Waals surface area contributed by atoms with Gasteiger partial charge in [0.15, 0.2) is 0 Å². The molecule has 0 aromatic carbocycles. The number of nitrogens with zero attached hydrogens (tertiary/aromatic N) is 2. The first-order valence-electron chi connectivity index (χ1n) is 32.0. The van der Waals surface area contributed by atoms with Crippen molar-refractivity contribution in [1.29, 1.82) is 0 Å². The molecule has 1 aliphatic rings. The van der Waals surface area contributed by atoms with Gasteiger partial charge >= 0.3 is 17.9 Å². The summed E-state index contributed by atoms with van der Waals surface area (Å²) in [6.07, 6.45) is -0.315. The Kier molecular flexibility index (Phi) is 35.8. The van der Waals surface area contributed by atoms with Crippen molar-refractivity contribution in [2.75, 3.05) is 26.3 Å². The Morgan fingerprint density at radius 2 is 0.979 bits per heavy atom. The van der Waals surface area contributed by atoms with Crippen LogP contribution in [0.15, 0.2) is 12.5 Å². The van der Waals surface area contributed by atoms with Crippen molar-refractivity contribution < 1.29 is 103 Å². The van der Waals surface area contributed by atoms with Gasteiger partial charge in [-0.25, -0.2) is 9.78 Å². The zero-order chi connectivity index (χ0) is 73.7. The lowest BCUT2D eigenvalue weighted by molar-refractivity contribution is -0.144. The second kappa shape index (κ2) is 41.2. The van der Waals surface area contributed by atoms with Gasteiger partial charge in [0.25, 0.3) is 0 Å². The number of hydrogen-bond donors (Lipinski definition) is 20. The molecule has 1 saturated heterocycles. The summed E-state index contributed by atoms with van der Waals surface area (Å²) in [5, 5.41) is 84.3. The van der Waals surface area contributed by atoms with Gasteiger partial charge in [0.2, 0.25) is 70.9 Å². The van der Waals surface area contributed by atoms with Gasteiger partial charge in [-0.2, -0.15) is 0 Å². The lowest BCUT2D eigenvalue weighted by Gasteiger charge is -2.31. The number of aliphatic carboxylic acids is 3. The summed E-state index contributed by atoms with van der Waals surface area (Å²) in [5.41, 5.74) is 11.7. The van der Waals surface area contributed by atoms with Crippen LogP contribution in [-0.4, -0.2) is 245 Å². The van der Waals surface area contributed by atoms with Crippen molar-refractivity contribution in [1.82, 2.24) is 73.4 Å². The second-order valence-corrected chi connectivity index (χ2v) is 25.4. The highest BCUT2D eigenvalue weighted by Crippen LogP contribution is 2.22. The Labute approximate surface area is 560 Å². The number of aliphatic hydroxyl groups excluding tert-OH is 3. The fraction of sp³-hybridized carbons (Fsp3) is 0.700. The predicted octanol–water partition coefficient (Wildman–Crippen LogP) is -6.44. The van der Waals surface area contributed by atoms with Crippen LogP contribution in [0.25, 0.3) is 0 Å². The molecule has 1 aliphatic heterocycles. The predicted molar refractivity (Wildman–Crippen MR) is 341 cm³/mol. The molecule has 0 radical (unpaired) electrons. The molecule has 2 rings (SSSR count). The minimum atomic E-state index is -2.04. The molecule has 0 unspecified atom stereocenters. The molecular formula is C60H100N16O21. The summed E-state index contributed by atoms with van der Waals surface area (Å²) in [7, 11) is 0. The second-order valence-electron chi connectivity index (χ2n) is 25.4. The number of carboxylic acid groups (broad SMARTS) is 3. The number of rotatable bonds is 43. The fourth-order valence-corrected chi connectivity index (χ4v) is 10.0. The van der Waals surface area contributed by atoms with Crippen LogP contribution in [0, 0.1) is 23.7 Å². The summed E-state index contributed by atoms with van der Waals surface area (Å²) >= 11 is 0. The topological polar surface area (TPSA) is 594 Å². The number of likely N-dealkylation sites (tertiary alicyclic amines) is 1. The van der Waals surface area contributed by atoms with E-state index in [9.17, 15) is 103 Å². The van der Waals surface area contributed by atoms with Gasteiger partial charge in [0.1, 0.15) is 78.5 Å². The molecular weight excluding hydrogens is 1280 g/mol. The molecule has 37 nitrogen and oxygen atoms in total. The third-order valence-corrected chi connectivity index (χ3v) is 15.4. The summed E-state index contributed by atoms with van der Waals surface area (Å²) in [6.45, 7) is 13.7. The molecule has 12 amide bonds. The standard InChI is InChI=1S/C60H100N16O21/c1-27(2)18-36(68-50(86)35(14-11-12-16-61)66-58(94)47(32(10)79)75-49(85)34(62)24-77)51(87)69-37(20-33-23-63-26-64-33)52(88)71-40(19-28(3)4)59(95)76-17-13-15-42(76)55(91)65-31(9)48(84)67-38(21-43(80)81)53(89)70-39(22-44(82)83)54(90)73-46(30(7)8)57(93)74-45(29(5)6)56(92)72-41(25-78)60(96)97/h23,26-32,34-42,45-47,77-79H,11-22,24-25,61-62H2,1-10H3,(H,63,64)(H,65,91)(H,66,94)(H,67,84)(H,68,86)(H,69,87)(H,70,89)(H,71,88)(H,72,92)(H,73,90)(H,74,93)(H,75,85)(H,80,81)(H,82,83)(H,96,97)/t31-,32+,34-,35-,36-,37-,38-,39-,40-,41-,42-,45-,46-,47-/m0/s1. The number of nitrogens with one attached hydrogen (secondary N) is 12. The monoisotopic (exact) mass is 1380 g/mol. The van der Waals surface area contributed by atoms with Crippen LogP contribution in [-0.2, 0) is 78.3 Å². The van der Waals surface area contributed by atoms with E-state index >= 15 is 0 Å². The average Bonchev–Trinajstić information content (AvgIpc) is 1.78. The number of amides is 12. The van der Waals surface area contributed by atoms with Crippen LogP contribution in [0.1, 0.15) is 133 Å². The van der Waals surface area contributed by atoms with Crippen molar-refractivity contribution in [2.24, 2.45) is 35.1 Å². The molecule has 1 fully saturated rings. The normalized spacial score (nSPS) is 17.0. The molecule has 0 spiro atoms. The van der Waals surface area contributed by atoms with Gasteiger partial charge < -0.3 is 110 Å². The van der Waals surface area contributed by atoms with E-state index in [1.807, 2.05) is 0 Å². The van der Waals surface area contributed by atoms with Gasteiger partial charge in [-0.3, -0.25) is 67.1 Å². The highest BCUT2D eigenvalue weighted by atomic mass is 16.4. The zero-order valence-corrected chi connectivity index (χ0v) is 56.3. The number of carbonyl (C=O) groups is 15. The molecule has 14 atom stereocenters. The zero-order valence-electron chi connectivity index (χ0n) is 56.3. The average molecular weight is 1380 g/mol. The molecule has 2 heterocycles. The number of aliphatic hydroxyl groups is 3. The molecule has 0 aliphatic carbocycles. The van der Waals surface area contributed by atoms with E-state index in [0.717, 1.165) is 6.92 Å². The van der Waals surface area contributed by atoms with E-state index in [1.165, 1.54) is 52.0 Å². The largest absolute Gasteiger partial charge is 0.481 e. The Bertz CT molecular complexity index is 2880. The van der Waals surface area contributed by atoms with Crippen LogP contribution < -0.4 is 70.0 Å². The number of unbranched alkanes of at least 4 members (excludes halogenated alkanes) is 1. The van der Waals surface area contributed by atoms with Crippen molar-refractivity contribution >= 4 is 88.8 Å². The van der Waals surface area contributed by atoms with Gasteiger partial charge in [0.05, 0.1) is 38.5 Å².